The Morgan fingerprint density at radius 1 is 0.795 bits per heavy atom. The first-order chi connectivity index (χ1) is 18.7. The maximum Gasteiger partial charge on any atom is 0.475 e. The van der Waals surface area contributed by atoms with Gasteiger partial charge in [0.1, 0.15) is 17.8 Å². The summed E-state index contributed by atoms with van der Waals surface area (Å²) in [5.74, 6) is -2.54. The van der Waals surface area contributed by atoms with Crippen molar-refractivity contribution in [2.45, 2.75) is 51.1 Å². The van der Waals surface area contributed by atoms with Crippen LogP contribution >= 0.6 is 0 Å². The number of rotatable bonds is 13. The normalized spacial score (nSPS) is 13.2. The van der Waals surface area contributed by atoms with Crippen LogP contribution in [0.25, 0.3) is 0 Å². The second-order valence-electron chi connectivity index (χ2n) is 9.72. The molecule has 0 aliphatic carbocycles. The smallest absolute Gasteiger partial charge is 0.426 e. The van der Waals surface area contributed by atoms with Gasteiger partial charge in [0.15, 0.2) is 0 Å². The van der Waals surface area contributed by atoms with Gasteiger partial charge in [-0.05, 0) is 23.5 Å². The van der Waals surface area contributed by atoms with Crippen molar-refractivity contribution in [3.05, 3.63) is 96.1 Å². The molecule has 3 rings (SSSR count). The van der Waals surface area contributed by atoms with E-state index < -0.39 is 42.9 Å². The average Bonchev–Trinajstić information content (AvgIpc) is 2.93. The van der Waals surface area contributed by atoms with Crippen LogP contribution in [0.5, 0.6) is 0 Å². The molecule has 2 aromatic carbocycles. The number of carbonyl (C=O) groups is 3. The minimum absolute atomic E-state index is 0.0513. The van der Waals surface area contributed by atoms with E-state index in [0.717, 1.165) is 11.1 Å². The van der Waals surface area contributed by atoms with Gasteiger partial charge in [0.25, 0.3) is 5.91 Å². The van der Waals surface area contributed by atoms with Gasteiger partial charge in [-0.15, -0.1) is 0 Å². The molecule has 5 N–H and O–H groups in total. The van der Waals surface area contributed by atoms with Crippen molar-refractivity contribution < 1.29 is 24.4 Å². The minimum atomic E-state index is -1.76. The van der Waals surface area contributed by atoms with E-state index >= 15 is 0 Å². The summed E-state index contributed by atoms with van der Waals surface area (Å²) in [5.41, 5.74) is 1.66. The van der Waals surface area contributed by atoms with E-state index in [-0.39, 0.29) is 24.5 Å². The molecule has 0 aliphatic heterocycles. The summed E-state index contributed by atoms with van der Waals surface area (Å²) < 4.78 is 0. The van der Waals surface area contributed by atoms with Gasteiger partial charge in [-0.3, -0.25) is 19.4 Å². The topological polar surface area (TPSA) is 154 Å². The van der Waals surface area contributed by atoms with Crippen LogP contribution in [-0.2, 0) is 22.4 Å². The summed E-state index contributed by atoms with van der Waals surface area (Å²) in [6.07, 6.45) is 4.78. The lowest BCUT2D eigenvalue weighted by atomic mass is 9.75. The highest BCUT2D eigenvalue weighted by atomic mass is 16.4. The Morgan fingerprint density at radius 2 is 1.33 bits per heavy atom. The molecule has 0 radical (unpaired) electrons. The van der Waals surface area contributed by atoms with Crippen molar-refractivity contribution in [1.29, 1.82) is 0 Å². The van der Waals surface area contributed by atoms with Crippen LogP contribution in [0.2, 0.25) is 0 Å². The van der Waals surface area contributed by atoms with E-state index in [2.05, 4.69) is 25.9 Å². The van der Waals surface area contributed by atoms with E-state index in [1.165, 1.54) is 18.6 Å². The standard InChI is InChI=1S/C28H34BN5O5/c1-19(2)15-25(29(38)39)34-27(36)23(17-21-11-7-4-8-12-21)32-26(35)22(16-20-9-5-3-6-10-20)33-28(37)24-18-30-13-14-31-24/h3-14,18-19,22-23,25,38-39H,15-17H2,1-2H3,(H,32,35)(H,33,37)(H,34,36). The number of nitrogens with one attached hydrogen (secondary N) is 3. The average molecular weight is 531 g/mol. The highest BCUT2D eigenvalue weighted by Crippen LogP contribution is 2.10. The Labute approximate surface area is 228 Å². The SMILES string of the molecule is CC(C)CC(NC(=O)C(Cc1ccccc1)NC(=O)C(Cc1ccccc1)NC(=O)c1cnccn1)B(O)O. The highest BCUT2D eigenvalue weighted by Gasteiger charge is 2.32. The number of benzene rings is 2. The van der Waals surface area contributed by atoms with Crippen LogP contribution in [0.1, 0.15) is 41.9 Å². The molecule has 39 heavy (non-hydrogen) atoms. The quantitative estimate of drug-likeness (QED) is 0.207. The van der Waals surface area contributed by atoms with Crippen LogP contribution in [-0.4, -0.2) is 62.9 Å². The van der Waals surface area contributed by atoms with Crippen LogP contribution in [0.3, 0.4) is 0 Å². The third-order valence-corrected chi connectivity index (χ3v) is 6.03. The van der Waals surface area contributed by atoms with Gasteiger partial charge >= 0.3 is 7.12 Å². The van der Waals surface area contributed by atoms with Crippen molar-refractivity contribution in [2.24, 2.45) is 5.92 Å². The van der Waals surface area contributed by atoms with Gasteiger partial charge in [-0.25, -0.2) is 4.98 Å². The summed E-state index contributed by atoms with van der Waals surface area (Å²) in [4.78, 5) is 47.7. The van der Waals surface area contributed by atoms with Crippen molar-refractivity contribution in [1.82, 2.24) is 25.9 Å². The van der Waals surface area contributed by atoms with Gasteiger partial charge < -0.3 is 26.0 Å². The van der Waals surface area contributed by atoms with Gasteiger partial charge in [0.2, 0.25) is 11.8 Å². The predicted molar refractivity (Wildman–Crippen MR) is 147 cm³/mol. The monoisotopic (exact) mass is 531 g/mol. The fraction of sp³-hybridized carbons (Fsp3) is 0.321. The molecule has 0 aliphatic rings. The zero-order valence-corrected chi connectivity index (χ0v) is 22.0. The molecule has 11 heteroatoms. The second kappa shape index (κ2) is 14.7. The molecular weight excluding hydrogens is 497 g/mol. The van der Waals surface area contributed by atoms with Crippen LogP contribution in [0.15, 0.2) is 79.3 Å². The number of nitrogens with zero attached hydrogens (tertiary/aromatic N) is 2. The fourth-order valence-corrected chi connectivity index (χ4v) is 4.09. The van der Waals surface area contributed by atoms with E-state index in [0.29, 0.717) is 6.42 Å². The third-order valence-electron chi connectivity index (χ3n) is 6.03. The number of carbonyl (C=O) groups excluding carboxylic acids is 3. The van der Waals surface area contributed by atoms with Crippen LogP contribution < -0.4 is 16.0 Å². The van der Waals surface area contributed by atoms with Crippen molar-refractivity contribution in [2.75, 3.05) is 0 Å². The first-order valence-electron chi connectivity index (χ1n) is 12.8. The van der Waals surface area contributed by atoms with Crippen molar-refractivity contribution in [3.63, 3.8) is 0 Å². The number of hydrogen-bond acceptors (Lipinski definition) is 7. The number of aromatic nitrogens is 2. The molecule has 3 amide bonds. The lowest BCUT2D eigenvalue weighted by Gasteiger charge is -2.26. The molecule has 3 unspecified atom stereocenters. The minimum Gasteiger partial charge on any atom is -0.426 e. The summed E-state index contributed by atoms with van der Waals surface area (Å²) >= 11 is 0. The molecule has 0 saturated carbocycles. The molecular formula is C28H34BN5O5. The van der Waals surface area contributed by atoms with Gasteiger partial charge in [-0.1, -0.05) is 74.5 Å². The van der Waals surface area contributed by atoms with Crippen LogP contribution in [0, 0.1) is 5.92 Å². The molecule has 204 valence electrons. The molecule has 1 heterocycles. The first kappa shape index (κ1) is 29.5. The molecule has 0 saturated heterocycles. The lowest BCUT2D eigenvalue weighted by Crippen LogP contribution is -2.58. The molecule has 0 fully saturated rings. The van der Waals surface area contributed by atoms with Gasteiger partial charge in [0, 0.05) is 25.2 Å². The van der Waals surface area contributed by atoms with Crippen molar-refractivity contribution >= 4 is 24.8 Å². The van der Waals surface area contributed by atoms with Crippen molar-refractivity contribution in [3.8, 4) is 0 Å². The Morgan fingerprint density at radius 3 is 1.82 bits per heavy atom. The predicted octanol–water partition coefficient (Wildman–Crippen LogP) is 1.09. The largest absolute Gasteiger partial charge is 0.475 e. The zero-order chi connectivity index (χ0) is 28.2. The third kappa shape index (κ3) is 9.62. The molecule has 0 spiro atoms. The first-order valence-corrected chi connectivity index (χ1v) is 12.8. The molecule has 0 bridgehead atoms. The van der Waals surface area contributed by atoms with Crippen LogP contribution in [0.4, 0.5) is 0 Å². The maximum atomic E-state index is 13.6. The van der Waals surface area contributed by atoms with Gasteiger partial charge in [-0.2, -0.15) is 0 Å². The maximum absolute atomic E-state index is 13.6. The number of amides is 3. The highest BCUT2D eigenvalue weighted by molar-refractivity contribution is 6.43. The molecule has 10 nitrogen and oxygen atoms in total. The summed E-state index contributed by atoms with van der Waals surface area (Å²) in [7, 11) is -1.76. The Hall–Kier alpha value is -4.09. The zero-order valence-electron chi connectivity index (χ0n) is 22.0. The summed E-state index contributed by atoms with van der Waals surface area (Å²) in [6, 6.07) is 16.3. The van der Waals surface area contributed by atoms with Gasteiger partial charge in [0.05, 0.1) is 12.1 Å². The Kier molecular flexibility index (Phi) is 11.1. The van der Waals surface area contributed by atoms with E-state index in [9.17, 15) is 24.4 Å². The van der Waals surface area contributed by atoms with E-state index in [4.69, 9.17) is 0 Å². The Bertz CT molecular complexity index is 1200. The Balaban J connectivity index is 1.84. The number of hydrogen-bond donors (Lipinski definition) is 5. The van der Waals surface area contributed by atoms with E-state index in [1.54, 1.807) is 0 Å². The lowest BCUT2D eigenvalue weighted by molar-refractivity contribution is -0.130. The van der Waals surface area contributed by atoms with E-state index in [1.807, 2.05) is 74.5 Å². The molecule has 3 aromatic rings. The molecule has 3 atom stereocenters. The second-order valence-corrected chi connectivity index (χ2v) is 9.72. The summed E-state index contributed by atoms with van der Waals surface area (Å²) in [5, 5.41) is 27.8. The summed E-state index contributed by atoms with van der Waals surface area (Å²) in [6.45, 7) is 3.80. The fourth-order valence-electron chi connectivity index (χ4n) is 4.09. The molecule has 1 aromatic heterocycles.